The average Bonchev–Trinajstić information content (AvgIpc) is 2.98. The van der Waals surface area contributed by atoms with Crippen LogP contribution in [0.5, 0.6) is 0 Å². The lowest BCUT2D eigenvalue weighted by atomic mass is 9.72. The molecule has 1 saturated heterocycles. The number of aromatic nitrogens is 1. The first kappa shape index (κ1) is 14.6. The van der Waals surface area contributed by atoms with E-state index in [0.717, 1.165) is 19.4 Å². The van der Waals surface area contributed by atoms with E-state index in [1.165, 1.54) is 29.1 Å². The van der Waals surface area contributed by atoms with E-state index in [9.17, 15) is 4.79 Å². The molecule has 0 amide bonds. The number of ether oxygens (including phenoxy) is 2. The molecule has 1 aromatic heterocycles. The predicted molar refractivity (Wildman–Crippen MR) is 87.6 cm³/mol. The summed E-state index contributed by atoms with van der Waals surface area (Å²) in [5.74, 6) is 0.836. The van der Waals surface area contributed by atoms with Crippen LogP contribution in [0.2, 0.25) is 0 Å². The first-order valence-corrected chi connectivity index (χ1v) is 8.17. The maximum Gasteiger partial charge on any atom is 0.507 e. The number of nitrogens with one attached hydrogen (secondary N) is 1. The van der Waals surface area contributed by atoms with Gasteiger partial charge in [-0.05, 0) is 37.1 Å². The third kappa shape index (κ3) is 2.39. The molecule has 1 N–H and O–H groups in total. The molecule has 5 heteroatoms. The molecule has 0 bridgehead atoms. The molecule has 4 rings (SSSR count). The minimum absolute atomic E-state index is 0.344. The van der Waals surface area contributed by atoms with E-state index in [0.29, 0.717) is 24.5 Å². The van der Waals surface area contributed by atoms with E-state index in [-0.39, 0.29) is 0 Å². The van der Waals surface area contributed by atoms with Crippen molar-refractivity contribution >= 4 is 17.1 Å². The van der Waals surface area contributed by atoms with E-state index >= 15 is 0 Å². The molecular formula is C18H22N2O3. The zero-order chi connectivity index (χ0) is 16.0. The number of hydrogen-bond acceptors (Lipinski definition) is 4. The third-order valence-electron chi connectivity index (χ3n) is 5.42. The number of likely N-dealkylation sites (tertiary alicyclic amines) is 1. The molecule has 23 heavy (non-hydrogen) atoms. The van der Waals surface area contributed by atoms with Crippen molar-refractivity contribution in [2.45, 2.75) is 24.8 Å². The maximum absolute atomic E-state index is 11.2. The zero-order valence-electron chi connectivity index (χ0n) is 13.5. The van der Waals surface area contributed by atoms with E-state index in [1.807, 2.05) is 0 Å². The first-order valence-electron chi connectivity index (χ1n) is 8.17. The molecule has 5 nitrogen and oxygen atoms in total. The lowest BCUT2D eigenvalue weighted by molar-refractivity contribution is 0.0315. The van der Waals surface area contributed by atoms with E-state index in [2.05, 4.69) is 46.1 Å². The summed E-state index contributed by atoms with van der Waals surface area (Å²) in [6, 6.07) is 7.06. The second kappa shape index (κ2) is 5.57. The van der Waals surface area contributed by atoms with Crippen molar-refractivity contribution in [1.82, 2.24) is 9.88 Å². The summed E-state index contributed by atoms with van der Waals surface area (Å²) >= 11 is 0. The minimum Gasteiger partial charge on any atom is -0.438 e. The number of carbonyl (C=O) groups excluding carboxylic acids is 1. The summed E-state index contributed by atoms with van der Waals surface area (Å²) in [5.41, 5.74) is 4.09. The first-order chi connectivity index (χ1) is 11.2. The summed E-state index contributed by atoms with van der Waals surface area (Å²) in [6.07, 6.45) is 3.71. The zero-order valence-corrected chi connectivity index (χ0v) is 13.5. The van der Waals surface area contributed by atoms with Crippen molar-refractivity contribution in [1.29, 1.82) is 0 Å². The topological polar surface area (TPSA) is 54.6 Å². The third-order valence-corrected chi connectivity index (χ3v) is 5.42. The van der Waals surface area contributed by atoms with Crippen LogP contribution in [0.1, 0.15) is 23.5 Å². The number of benzene rings is 1. The molecule has 1 fully saturated rings. The van der Waals surface area contributed by atoms with Crippen LogP contribution in [0, 0.1) is 5.92 Å². The Balaban J connectivity index is 1.62. The Bertz CT molecular complexity index is 739. The highest BCUT2D eigenvalue weighted by atomic mass is 16.7. The average molecular weight is 314 g/mol. The molecule has 122 valence electrons. The quantitative estimate of drug-likeness (QED) is 0.866. The number of aromatic amines is 1. The van der Waals surface area contributed by atoms with Gasteiger partial charge in [-0.3, -0.25) is 0 Å². The molecule has 0 saturated carbocycles. The van der Waals surface area contributed by atoms with E-state index in [1.54, 1.807) is 0 Å². The van der Waals surface area contributed by atoms with Crippen LogP contribution in [-0.4, -0.2) is 49.4 Å². The summed E-state index contributed by atoms with van der Waals surface area (Å²) in [6.45, 7) is 1.38. The Morgan fingerprint density at radius 3 is 3.13 bits per heavy atom. The highest BCUT2D eigenvalue weighted by Gasteiger charge is 2.39. The molecule has 2 aromatic rings. The second-order valence-corrected chi connectivity index (χ2v) is 6.77. The van der Waals surface area contributed by atoms with E-state index < -0.39 is 6.16 Å². The predicted octanol–water partition coefficient (Wildman–Crippen LogP) is 2.91. The summed E-state index contributed by atoms with van der Waals surface area (Å²) < 4.78 is 9.77. The van der Waals surface area contributed by atoms with Crippen LogP contribution >= 0.6 is 0 Å². The van der Waals surface area contributed by atoms with Crippen LogP contribution < -0.4 is 0 Å². The fourth-order valence-corrected chi connectivity index (χ4v) is 4.42. The van der Waals surface area contributed by atoms with Crippen molar-refractivity contribution in [2.75, 3.05) is 27.3 Å². The number of H-pyrrole nitrogens is 1. The highest BCUT2D eigenvalue weighted by Crippen LogP contribution is 2.44. The summed E-state index contributed by atoms with van der Waals surface area (Å²) in [4.78, 5) is 17.1. The van der Waals surface area contributed by atoms with Crippen molar-refractivity contribution in [3.05, 3.63) is 35.5 Å². The SMILES string of the molecule is COC(=O)OCC1C[C@@H]2c3cccc4[nH]cc(c34)C[C@H]2N(C)C1. The molecular weight excluding hydrogens is 292 g/mol. The number of likely N-dealkylation sites (N-methyl/N-ethyl adjacent to an activating group) is 1. The Kier molecular flexibility index (Phi) is 3.53. The molecule has 1 aliphatic carbocycles. The summed E-state index contributed by atoms with van der Waals surface area (Å²) in [7, 11) is 3.53. The number of methoxy groups -OCH3 is 1. The molecule has 0 spiro atoms. The smallest absolute Gasteiger partial charge is 0.438 e. The summed E-state index contributed by atoms with van der Waals surface area (Å²) in [5, 5.41) is 1.40. The standard InChI is InChI=1S/C18H22N2O3/c1-20-9-11(10-23-18(21)22-2)6-14-13-4-3-5-15-17(13)12(8-19-15)7-16(14)20/h3-5,8,11,14,16,19H,6-7,9-10H2,1-2H3/t11?,14-,16-/m1/s1. The number of rotatable bonds is 2. The van der Waals surface area contributed by atoms with Gasteiger partial charge in [0, 0.05) is 41.5 Å². The van der Waals surface area contributed by atoms with Gasteiger partial charge in [0.15, 0.2) is 0 Å². The van der Waals surface area contributed by atoms with Gasteiger partial charge in [0.1, 0.15) is 0 Å². The van der Waals surface area contributed by atoms with Gasteiger partial charge in [0.05, 0.1) is 13.7 Å². The molecule has 3 atom stereocenters. The number of nitrogens with zero attached hydrogens (tertiary/aromatic N) is 1. The Morgan fingerprint density at radius 1 is 1.43 bits per heavy atom. The molecule has 1 aliphatic heterocycles. The monoisotopic (exact) mass is 314 g/mol. The van der Waals surface area contributed by atoms with Crippen LogP contribution in [0.15, 0.2) is 24.4 Å². The van der Waals surface area contributed by atoms with Gasteiger partial charge >= 0.3 is 6.16 Å². The van der Waals surface area contributed by atoms with Gasteiger partial charge in [0.25, 0.3) is 0 Å². The van der Waals surface area contributed by atoms with Crippen molar-refractivity contribution < 1.29 is 14.3 Å². The maximum atomic E-state index is 11.2. The van der Waals surface area contributed by atoms with Gasteiger partial charge in [-0.15, -0.1) is 0 Å². The van der Waals surface area contributed by atoms with Gasteiger partial charge in [0.2, 0.25) is 0 Å². The molecule has 2 heterocycles. The largest absolute Gasteiger partial charge is 0.507 e. The molecule has 1 aromatic carbocycles. The highest BCUT2D eigenvalue weighted by molar-refractivity contribution is 5.88. The Hall–Kier alpha value is -2.01. The lowest BCUT2D eigenvalue weighted by Gasteiger charge is -2.45. The number of carbonyl (C=O) groups is 1. The van der Waals surface area contributed by atoms with Crippen LogP contribution in [0.4, 0.5) is 4.79 Å². The van der Waals surface area contributed by atoms with Crippen molar-refractivity contribution in [2.24, 2.45) is 5.92 Å². The van der Waals surface area contributed by atoms with Crippen molar-refractivity contribution in [3.8, 4) is 0 Å². The number of fused-ring (bicyclic) bond motifs is 2. The van der Waals surface area contributed by atoms with Gasteiger partial charge < -0.3 is 19.4 Å². The number of piperidine rings is 1. The Morgan fingerprint density at radius 2 is 2.30 bits per heavy atom. The molecule has 2 aliphatic rings. The van der Waals surface area contributed by atoms with Crippen LogP contribution in [0.25, 0.3) is 10.9 Å². The molecule has 0 radical (unpaired) electrons. The fraction of sp³-hybridized carbons (Fsp3) is 0.500. The van der Waals surface area contributed by atoms with Gasteiger partial charge in [-0.1, -0.05) is 12.1 Å². The minimum atomic E-state index is -0.589. The lowest BCUT2D eigenvalue weighted by Crippen LogP contribution is -2.48. The van der Waals surface area contributed by atoms with Crippen LogP contribution in [0.3, 0.4) is 0 Å². The van der Waals surface area contributed by atoms with Gasteiger partial charge in [-0.25, -0.2) is 4.79 Å². The second-order valence-electron chi connectivity index (χ2n) is 6.77. The number of hydrogen-bond donors (Lipinski definition) is 1. The molecule has 1 unspecified atom stereocenters. The fourth-order valence-electron chi connectivity index (χ4n) is 4.42. The van der Waals surface area contributed by atoms with Gasteiger partial charge in [-0.2, -0.15) is 0 Å². The van der Waals surface area contributed by atoms with E-state index in [4.69, 9.17) is 4.74 Å². The Labute approximate surface area is 135 Å². The van der Waals surface area contributed by atoms with Crippen LogP contribution in [-0.2, 0) is 15.9 Å². The van der Waals surface area contributed by atoms with Crippen molar-refractivity contribution in [3.63, 3.8) is 0 Å². The normalized spacial score (nSPS) is 26.8.